The van der Waals surface area contributed by atoms with Gasteiger partial charge in [0.05, 0.1) is 84.0 Å². The van der Waals surface area contributed by atoms with Gasteiger partial charge in [0, 0.05) is 199 Å². The third kappa shape index (κ3) is 21.5. The van der Waals surface area contributed by atoms with E-state index >= 15 is 0 Å². The summed E-state index contributed by atoms with van der Waals surface area (Å²) in [4.78, 5) is 132. The summed E-state index contributed by atoms with van der Waals surface area (Å²) in [5, 5.41) is 5.28. The number of hydrogen-bond donors (Lipinski definition) is 1. The van der Waals surface area contributed by atoms with Crippen LogP contribution in [0.4, 0.5) is 0 Å². The first-order valence-corrected chi connectivity index (χ1v) is 50.5. The van der Waals surface area contributed by atoms with Crippen LogP contribution in [0.15, 0.2) is 281 Å². The molecule has 730 valence electrons. The van der Waals surface area contributed by atoms with E-state index in [2.05, 4.69) is 110 Å². The van der Waals surface area contributed by atoms with E-state index in [9.17, 15) is 28.8 Å². The highest BCUT2D eigenvalue weighted by atomic mass is 35.5. The summed E-state index contributed by atoms with van der Waals surface area (Å²) < 4.78 is 11.6. The Balaban J connectivity index is 0.000000105. The van der Waals surface area contributed by atoms with Gasteiger partial charge < -0.3 is 34.4 Å². The monoisotopic (exact) mass is 2020 g/mol. The number of fused-ring (bicyclic) bond motifs is 7. The predicted octanol–water partition coefficient (Wildman–Crippen LogP) is 20.9. The molecule has 18 heterocycles. The fraction of sp³-hybridized carbons (Fsp3) is 0.273. The van der Waals surface area contributed by atoms with Crippen LogP contribution in [0, 0.1) is 29.6 Å². The summed E-state index contributed by atoms with van der Waals surface area (Å²) in [6.45, 7) is 21.2. The van der Waals surface area contributed by atoms with E-state index < -0.39 is 0 Å². The number of amides is 5. The van der Waals surface area contributed by atoms with Gasteiger partial charge in [0.2, 0.25) is 5.56 Å². The Bertz CT molecular complexity index is 7720. The van der Waals surface area contributed by atoms with Crippen molar-refractivity contribution in [3.05, 3.63) is 340 Å². The van der Waals surface area contributed by atoms with Crippen LogP contribution in [-0.2, 0) is 0 Å². The molecule has 5 amide bonds. The quantitative estimate of drug-likeness (QED) is 0.105. The van der Waals surface area contributed by atoms with Gasteiger partial charge >= 0.3 is 0 Å². The molecule has 1 saturated carbocycles. The fourth-order valence-electron chi connectivity index (χ4n) is 19.2. The van der Waals surface area contributed by atoms with Gasteiger partial charge in [-0.25, -0.2) is 49.8 Å². The van der Waals surface area contributed by atoms with Gasteiger partial charge in [-0.1, -0.05) is 98.0 Å². The number of imidazole rings is 3. The molecule has 7 aliphatic rings. The van der Waals surface area contributed by atoms with Crippen LogP contribution in [0.3, 0.4) is 0 Å². The lowest BCUT2D eigenvalue weighted by Gasteiger charge is -2.34. The summed E-state index contributed by atoms with van der Waals surface area (Å²) in [5.74, 6) is 4.63. The van der Waals surface area contributed by atoms with Crippen LogP contribution >= 0.6 is 58.0 Å². The maximum atomic E-state index is 12.8. The fourth-order valence-corrected chi connectivity index (χ4v) is 20.3. The van der Waals surface area contributed by atoms with Crippen molar-refractivity contribution in [3.8, 4) is 34.3 Å². The maximum Gasteiger partial charge on any atom is 0.255 e. The summed E-state index contributed by atoms with van der Waals surface area (Å²) in [6.07, 6.45) is 35.4. The number of piperidine rings is 4. The van der Waals surface area contributed by atoms with Gasteiger partial charge in [-0.2, -0.15) is 0 Å². The summed E-state index contributed by atoms with van der Waals surface area (Å²) in [6, 6.07) is 55.3. The molecular weight excluding hydrogens is 1920 g/mol. The lowest BCUT2D eigenvalue weighted by Crippen LogP contribution is -2.37. The largest absolute Gasteiger partial charge is 0.371 e. The number of hydrogen-bond acceptors (Lipinski definition) is 17. The molecule has 7 fully saturated rings. The molecular formula is C110H104Cl5N23O6. The maximum absolute atomic E-state index is 12.8. The van der Waals surface area contributed by atoms with Gasteiger partial charge in [0.1, 0.15) is 54.4 Å². The highest BCUT2D eigenvalue weighted by molar-refractivity contribution is 6.35. The van der Waals surface area contributed by atoms with Crippen molar-refractivity contribution in [3.63, 3.8) is 0 Å². The zero-order valence-corrected chi connectivity index (χ0v) is 83.4. The molecule has 0 radical (unpaired) electrons. The molecule has 144 heavy (non-hydrogen) atoms. The SMILES string of the molecule is C=C(c1ccc2c(c1)ncn2-c1cccc(Cl)c1)N1CCC1.CC1CCN(C(=O)c2cnc3c(c2)c(Cl)cn3-c2cncnc2)CC1.CC1CCN(C(=O)c2cnc3c(ccn3-c3ccc(=O)[nH]c3)c2)CC1.CC1CCN(C(=O)c2cnc3c(ccn3-c3ccncn3)c2)CC1.O=C(c1ccc2c(c1)ncn2-c1cccc(Cl)c1)N1CC2CC2C1.O=C(c1ccc2c(c1)ncn2-c1cccc(Cl)c1)N1CCC(Cl)C1. The van der Waals surface area contributed by atoms with E-state index in [1.165, 1.54) is 31.6 Å². The number of pyridine rings is 4. The Hall–Kier alpha value is -14.8. The predicted molar refractivity (Wildman–Crippen MR) is 564 cm³/mol. The Labute approximate surface area is 855 Å². The number of nitrogens with zero attached hydrogens (tertiary/aromatic N) is 22. The molecule has 18 aromatic rings. The number of rotatable bonds is 13. The lowest BCUT2D eigenvalue weighted by molar-refractivity contribution is 0.0689. The summed E-state index contributed by atoms with van der Waals surface area (Å²) >= 11 is 30.7. The van der Waals surface area contributed by atoms with Gasteiger partial charge in [0.15, 0.2) is 0 Å². The Morgan fingerprint density at radius 2 is 0.826 bits per heavy atom. The molecule has 12 aromatic heterocycles. The number of H-pyrrole nitrogens is 1. The normalized spacial score (nSPS) is 16.8. The molecule has 0 bridgehead atoms. The molecule has 25 rings (SSSR count). The van der Waals surface area contributed by atoms with E-state index in [-0.39, 0.29) is 40.5 Å². The van der Waals surface area contributed by atoms with Crippen LogP contribution in [0.5, 0.6) is 0 Å². The number of carbonyl (C=O) groups is 5. The lowest BCUT2D eigenvalue weighted by atomic mass is 9.99. The Morgan fingerprint density at radius 3 is 1.28 bits per heavy atom. The number of likely N-dealkylation sites (tertiary alicyclic amines) is 6. The van der Waals surface area contributed by atoms with Gasteiger partial charge in [-0.3, -0.25) is 56.2 Å². The average Bonchev–Trinajstić information content (AvgIpc) is 1.61. The molecule has 3 atom stereocenters. The number of nitrogens with one attached hydrogen (secondary N) is 1. The Morgan fingerprint density at radius 1 is 0.375 bits per heavy atom. The third-order valence-electron chi connectivity index (χ3n) is 27.9. The van der Waals surface area contributed by atoms with Crippen LogP contribution < -0.4 is 5.56 Å². The van der Waals surface area contributed by atoms with Crippen LogP contribution in [0.25, 0.3) is 106 Å². The van der Waals surface area contributed by atoms with Gasteiger partial charge in [-0.05, 0) is 239 Å². The standard InChI is InChI=1S/C19H16ClN3O.C19H20N4O2.C18H15Cl2N3O.C18H18ClN5O.C18H16ClN3.C18H19N5O/c20-15-2-1-3-16(8-15)23-11-21-17-7-12(4-5-18(17)23)19(24)22-9-13-6-14(13)10-22;1-13-4-7-22(8-5-13)19(25)15-10-14-6-9-23(18(14)21-11-15)16-2-3-17(24)20-12-16;19-13-2-1-3-15(9-13)23-11-21-16-8-12(4-5-17(16)23)18(24)22-7-6-14(20)10-22;1-12-2-4-23(5-3-12)18(25)13-6-15-16(19)10-24(17(15)22-7-13)14-8-20-11-21-9-14;1-13(21-8-3-9-21)14-6-7-18-17(10-14)20-12-22(18)16-5-2-4-15(19)11-16;1-13-3-7-22(8-4-13)18(24)15-10-14-5-9-23(17(14)20-11-15)16-2-6-19-12-21-16/h1-5,7-8,11,13-14H,6,9-10H2;2-3,6,9-13H,4-5,7-8H2,1H3,(H,20,24);1-5,8-9,11,14H,6-7,10H2;6-12H,2-5H2,1H3;2,4-7,10-12H,1,3,8-9H2;2,5-6,9-13H,3-4,7-8H2,1H3. The van der Waals surface area contributed by atoms with E-state index in [1.807, 2.05) is 207 Å². The van der Waals surface area contributed by atoms with Crippen molar-refractivity contribution < 1.29 is 24.0 Å². The molecule has 0 spiro atoms. The van der Waals surface area contributed by atoms with Gasteiger partial charge in [0.25, 0.3) is 29.5 Å². The second-order valence-electron chi connectivity index (χ2n) is 37.9. The summed E-state index contributed by atoms with van der Waals surface area (Å²) in [7, 11) is 0. The molecule has 3 unspecified atom stereocenters. The molecule has 6 aliphatic heterocycles. The van der Waals surface area contributed by atoms with Crippen molar-refractivity contribution in [2.45, 2.75) is 83.9 Å². The molecule has 29 nitrogen and oxygen atoms in total. The number of benzene rings is 6. The molecule has 6 aromatic carbocycles. The minimum absolute atomic E-state index is 0.0114. The highest BCUT2D eigenvalue weighted by Crippen LogP contribution is 2.46. The molecule has 1 aliphatic carbocycles. The number of halogens is 5. The molecule has 1 N–H and O–H groups in total. The number of carbonyl (C=O) groups excluding carboxylic acids is 5. The van der Waals surface area contributed by atoms with Crippen LogP contribution in [0.1, 0.15) is 136 Å². The number of aromatic nitrogens is 17. The van der Waals surface area contributed by atoms with Crippen molar-refractivity contribution in [1.29, 1.82) is 0 Å². The number of aromatic amines is 1. The van der Waals surface area contributed by atoms with Crippen molar-refractivity contribution in [1.82, 2.24) is 112 Å². The highest BCUT2D eigenvalue weighted by Gasteiger charge is 2.47. The first-order valence-electron chi connectivity index (χ1n) is 48.6. The van der Waals surface area contributed by atoms with Crippen molar-refractivity contribution in [2.24, 2.45) is 29.6 Å². The zero-order valence-electron chi connectivity index (χ0n) is 79.6. The molecule has 34 heteroatoms. The zero-order chi connectivity index (χ0) is 99.3. The van der Waals surface area contributed by atoms with Gasteiger partial charge in [-0.15, -0.1) is 11.6 Å². The minimum Gasteiger partial charge on any atom is -0.371 e. The number of alkyl halides is 1. The average molecular weight is 2020 g/mol. The van der Waals surface area contributed by atoms with Crippen LogP contribution in [-0.4, -0.2) is 225 Å². The second kappa shape index (κ2) is 42.8. The summed E-state index contributed by atoms with van der Waals surface area (Å²) in [5.41, 5.74) is 17.6. The van der Waals surface area contributed by atoms with E-state index in [4.69, 9.17) is 58.0 Å². The third-order valence-corrected chi connectivity index (χ3v) is 29.3. The van der Waals surface area contributed by atoms with E-state index in [0.717, 1.165) is 239 Å². The first-order chi connectivity index (χ1) is 70.0. The molecule has 6 saturated heterocycles. The van der Waals surface area contributed by atoms with E-state index in [0.29, 0.717) is 73.8 Å². The minimum atomic E-state index is -0.142. The van der Waals surface area contributed by atoms with E-state index in [1.54, 1.807) is 73.2 Å². The van der Waals surface area contributed by atoms with Crippen molar-refractivity contribution in [2.75, 3.05) is 78.5 Å². The smallest absolute Gasteiger partial charge is 0.255 e. The van der Waals surface area contributed by atoms with Crippen molar-refractivity contribution >= 4 is 159 Å². The van der Waals surface area contributed by atoms with Crippen LogP contribution in [0.2, 0.25) is 20.1 Å². The first kappa shape index (κ1) is 96.7. The Kier molecular flexibility index (Phi) is 28.8. The second-order valence-corrected chi connectivity index (χ2v) is 40.2. The topological polar surface area (TPSA) is 296 Å².